The van der Waals surface area contributed by atoms with E-state index in [4.69, 9.17) is 11.6 Å². The van der Waals surface area contributed by atoms with Gasteiger partial charge in [0.2, 0.25) is 5.91 Å². The minimum Gasteiger partial charge on any atom is -0.352 e. The molecule has 0 heterocycles. The summed E-state index contributed by atoms with van der Waals surface area (Å²) in [5.74, 6) is -0.309. The molecule has 0 saturated carbocycles. The van der Waals surface area contributed by atoms with Gasteiger partial charge < -0.3 is 10.6 Å². The molecule has 2 amide bonds. The average molecular weight is 421 g/mol. The Morgan fingerprint density at radius 3 is 2.10 bits per heavy atom. The zero-order chi connectivity index (χ0) is 21.2. The molecular formula is C25H25ClN2O2. The fourth-order valence-corrected chi connectivity index (χ4v) is 3.30. The molecule has 0 aliphatic rings. The molecule has 3 aromatic carbocycles. The van der Waals surface area contributed by atoms with E-state index in [1.165, 1.54) is 5.56 Å². The van der Waals surface area contributed by atoms with Gasteiger partial charge in [-0.2, -0.15) is 0 Å². The van der Waals surface area contributed by atoms with Crippen LogP contribution in [0, 0.1) is 0 Å². The fourth-order valence-electron chi connectivity index (χ4n) is 3.14. The summed E-state index contributed by atoms with van der Waals surface area (Å²) in [5.41, 5.74) is 3.29. The molecule has 0 unspecified atom stereocenters. The fraction of sp³-hybridized carbons (Fsp3) is 0.200. The van der Waals surface area contributed by atoms with Crippen LogP contribution in [-0.2, 0) is 17.6 Å². The summed E-state index contributed by atoms with van der Waals surface area (Å²) < 4.78 is 0. The van der Waals surface area contributed by atoms with Gasteiger partial charge in [-0.05, 0) is 48.6 Å². The second-order valence-corrected chi connectivity index (χ2v) is 7.48. The van der Waals surface area contributed by atoms with Crippen LogP contribution in [0.4, 0.5) is 5.69 Å². The van der Waals surface area contributed by atoms with Gasteiger partial charge in [-0.3, -0.25) is 9.59 Å². The number of nitrogens with one attached hydrogen (secondary N) is 2. The number of hydrogen-bond donors (Lipinski definition) is 2. The highest BCUT2D eigenvalue weighted by atomic mass is 35.5. The Labute approximate surface area is 182 Å². The highest BCUT2D eigenvalue weighted by Gasteiger charge is 2.11. The number of halogens is 1. The Hall–Kier alpha value is -3.11. The number of amides is 2. The van der Waals surface area contributed by atoms with E-state index in [2.05, 4.69) is 22.8 Å². The predicted molar refractivity (Wildman–Crippen MR) is 122 cm³/mol. The summed E-state index contributed by atoms with van der Waals surface area (Å²) in [4.78, 5) is 24.7. The van der Waals surface area contributed by atoms with E-state index in [0.29, 0.717) is 29.2 Å². The summed E-state index contributed by atoms with van der Waals surface area (Å²) in [5, 5.41) is 6.14. The SMILES string of the molecule is O=C(CCCc1ccccc1)Nc1cc(C(=O)NCCc2ccccc2)ccc1Cl. The molecule has 0 bridgehead atoms. The van der Waals surface area contributed by atoms with Crippen molar-refractivity contribution in [3.8, 4) is 0 Å². The van der Waals surface area contributed by atoms with Crippen molar-refractivity contribution in [2.75, 3.05) is 11.9 Å². The van der Waals surface area contributed by atoms with E-state index in [1.54, 1.807) is 18.2 Å². The van der Waals surface area contributed by atoms with Crippen LogP contribution < -0.4 is 10.6 Å². The van der Waals surface area contributed by atoms with E-state index in [0.717, 1.165) is 24.8 Å². The minimum absolute atomic E-state index is 0.116. The summed E-state index contributed by atoms with van der Waals surface area (Å²) in [6, 6.07) is 24.9. The zero-order valence-electron chi connectivity index (χ0n) is 16.7. The first kappa shape index (κ1) is 21.6. The maximum absolute atomic E-state index is 12.4. The molecule has 30 heavy (non-hydrogen) atoms. The molecule has 154 valence electrons. The molecule has 0 fully saturated rings. The number of hydrogen-bond acceptors (Lipinski definition) is 2. The van der Waals surface area contributed by atoms with Crippen LogP contribution in [0.5, 0.6) is 0 Å². The molecule has 0 aliphatic heterocycles. The van der Waals surface area contributed by atoms with Gasteiger partial charge in [-0.1, -0.05) is 72.3 Å². The van der Waals surface area contributed by atoms with Gasteiger partial charge in [0, 0.05) is 18.5 Å². The van der Waals surface area contributed by atoms with E-state index in [-0.39, 0.29) is 11.8 Å². The van der Waals surface area contributed by atoms with Crippen LogP contribution in [-0.4, -0.2) is 18.4 Å². The Bertz CT molecular complexity index is 975. The highest BCUT2D eigenvalue weighted by Crippen LogP contribution is 2.23. The maximum atomic E-state index is 12.4. The molecule has 0 saturated heterocycles. The standard InChI is InChI=1S/C25H25ClN2O2/c26-22-15-14-21(25(30)27-17-16-20-10-5-2-6-11-20)18-23(22)28-24(29)13-7-12-19-8-3-1-4-9-19/h1-6,8-11,14-15,18H,7,12-13,16-17H2,(H,27,30)(H,28,29). The predicted octanol–water partition coefficient (Wildman–Crippen LogP) is 5.27. The highest BCUT2D eigenvalue weighted by molar-refractivity contribution is 6.33. The first-order chi connectivity index (χ1) is 14.6. The molecule has 0 atom stereocenters. The second kappa shape index (κ2) is 11.2. The lowest BCUT2D eigenvalue weighted by Gasteiger charge is -2.10. The molecule has 0 aromatic heterocycles. The summed E-state index contributed by atoms with van der Waals surface area (Å²) in [7, 11) is 0. The van der Waals surface area contributed by atoms with E-state index >= 15 is 0 Å². The third-order valence-electron chi connectivity index (χ3n) is 4.76. The third kappa shape index (κ3) is 6.75. The topological polar surface area (TPSA) is 58.2 Å². The molecule has 3 rings (SSSR count). The van der Waals surface area contributed by atoms with Crippen molar-refractivity contribution in [2.45, 2.75) is 25.7 Å². The molecule has 3 aromatic rings. The van der Waals surface area contributed by atoms with Crippen LogP contribution in [0.25, 0.3) is 0 Å². The average Bonchev–Trinajstić information content (AvgIpc) is 2.76. The van der Waals surface area contributed by atoms with Gasteiger partial charge in [0.25, 0.3) is 5.91 Å². The molecule has 0 spiro atoms. The van der Waals surface area contributed by atoms with Gasteiger partial charge >= 0.3 is 0 Å². The molecule has 4 nitrogen and oxygen atoms in total. The van der Waals surface area contributed by atoms with Crippen molar-refractivity contribution >= 4 is 29.1 Å². The van der Waals surface area contributed by atoms with Crippen LogP contribution in [0.2, 0.25) is 5.02 Å². The summed E-state index contributed by atoms with van der Waals surface area (Å²) >= 11 is 6.21. The second-order valence-electron chi connectivity index (χ2n) is 7.07. The Balaban J connectivity index is 1.49. The number of anilines is 1. The van der Waals surface area contributed by atoms with Crippen LogP contribution in [0.1, 0.15) is 34.3 Å². The number of benzene rings is 3. The van der Waals surface area contributed by atoms with E-state index < -0.39 is 0 Å². The van der Waals surface area contributed by atoms with Gasteiger partial charge in [0.05, 0.1) is 10.7 Å². The van der Waals surface area contributed by atoms with Crippen molar-refractivity contribution in [3.63, 3.8) is 0 Å². The van der Waals surface area contributed by atoms with Crippen molar-refractivity contribution in [1.82, 2.24) is 5.32 Å². The molecular weight excluding hydrogens is 396 g/mol. The molecule has 5 heteroatoms. The Morgan fingerprint density at radius 2 is 1.43 bits per heavy atom. The van der Waals surface area contributed by atoms with Gasteiger partial charge in [-0.15, -0.1) is 0 Å². The quantitative estimate of drug-likeness (QED) is 0.495. The van der Waals surface area contributed by atoms with Crippen molar-refractivity contribution < 1.29 is 9.59 Å². The molecule has 2 N–H and O–H groups in total. The molecule has 0 aliphatic carbocycles. The monoisotopic (exact) mass is 420 g/mol. The third-order valence-corrected chi connectivity index (χ3v) is 5.09. The van der Waals surface area contributed by atoms with Gasteiger partial charge in [0.15, 0.2) is 0 Å². The van der Waals surface area contributed by atoms with Crippen LogP contribution in [0.3, 0.4) is 0 Å². The van der Waals surface area contributed by atoms with Crippen LogP contribution >= 0.6 is 11.6 Å². The Morgan fingerprint density at radius 1 is 0.800 bits per heavy atom. The summed E-state index contributed by atoms with van der Waals surface area (Å²) in [6.45, 7) is 0.534. The lowest BCUT2D eigenvalue weighted by Crippen LogP contribution is -2.25. The zero-order valence-corrected chi connectivity index (χ0v) is 17.5. The number of carbonyl (C=O) groups is 2. The van der Waals surface area contributed by atoms with E-state index in [1.807, 2.05) is 48.5 Å². The number of rotatable bonds is 9. The Kier molecular flexibility index (Phi) is 8.04. The van der Waals surface area contributed by atoms with Gasteiger partial charge in [-0.25, -0.2) is 0 Å². The van der Waals surface area contributed by atoms with Crippen molar-refractivity contribution in [2.24, 2.45) is 0 Å². The largest absolute Gasteiger partial charge is 0.352 e. The first-order valence-electron chi connectivity index (χ1n) is 10.1. The minimum atomic E-state index is -0.192. The first-order valence-corrected chi connectivity index (χ1v) is 10.4. The van der Waals surface area contributed by atoms with E-state index in [9.17, 15) is 9.59 Å². The number of carbonyl (C=O) groups excluding carboxylic acids is 2. The lowest BCUT2D eigenvalue weighted by molar-refractivity contribution is -0.116. The molecule has 0 radical (unpaired) electrons. The van der Waals surface area contributed by atoms with Gasteiger partial charge in [0.1, 0.15) is 0 Å². The van der Waals surface area contributed by atoms with Crippen molar-refractivity contribution in [1.29, 1.82) is 0 Å². The summed E-state index contributed by atoms with van der Waals surface area (Å²) in [6.07, 6.45) is 2.73. The lowest BCUT2D eigenvalue weighted by atomic mass is 10.1. The normalized spacial score (nSPS) is 10.4. The number of aryl methyl sites for hydroxylation is 1. The smallest absolute Gasteiger partial charge is 0.251 e. The maximum Gasteiger partial charge on any atom is 0.251 e. The van der Waals surface area contributed by atoms with Crippen molar-refractivity contribution in [3.05, 3.63) is 101 Å². The van der Waals surface area contributed by atoms with Crippen LogP contribution in [0.15, 0.2) is 78.9 Å².